The molecule has 0 radical (unpaired) electrons. The quantitative estimate of drug-likeness (QED) is 0.726. The second-order valence-corrected chi connectivity index (χ2v) is 6.99. The molecule has 2 heterocycles. The molecule has 0 bridgehead atoms. The van der Waals surface area contributed by atoms with Gasteiger partial charge in [0, 0.05) is 27.6 Å². The number of amides is 1. The zero-order valence-electron chi connectivity index (χ0n) is 11.4. The summed E-state index contributed by atoms with van der Waals surface area (Å²) in [5.74, 6) is 0.141. The summed E-state index contributed by atoms with van der Waals surface area (Å²) in [4.78, 5) is 18.6. The number of thiazole rings is 1. The minimum Gasteiger partial charge on any atom is -0.378 e. The summed E-state index contributed by atoms with van der Waals surface area (Å²) >= 11 is 3.83. The summed E-state index contributed by atoms with van der Waals surface area (Å²) in [6.07, 6.45) is 0.384. The van der Waals surface area contributed by atoms with Crippen LogP contribution in [-0.2, 0) is 16.0 Å². The molecule has 2 aromatic rings. The van der Waals surface area contributed by atoms with Crippen LogP contribution in [0.15, 0.2) is 29.6 Å². The third-order valence-corrected chi connectivity index (χ3v) is 4.93. The molecule has 0 unspecified atom stereocenters. The molecule has 3 rings (SSSR count). The number of ether oxygens (including phenoxy) is 1. The number of aromatic nitrogens is 1. The Kier molecular flexibility index (Phi) is 4.87. The number of carbonyl (C=O) groups excluding carboxylic acids is 1. The standard InChI is InChI=1S/C15H15IN2O2S/c16-12-3-1-11(2-4-12)13-10-21-14(17-13)9-15(19)18-5-7-20-8-6-18/h1-4,10H,5-9H2. The van der Waals surface area contributed by atoms with Crippen LogP contribution < -0.4 is 0 Å². The first kappa shape index (κ1) is 14.9. The Labute approximate surface area is 141 Å². The molecule has 1 aromatic heterocycles. The number of hydrogen-bond acceptors (Lipinski definition) is 4. The topological polar surface area (TPSA) is 42.4 Å². The van der Waals surface area contributed by atoms with Crippen molar-refractivity contribution < 1.29 is 9.53 Å². The maximum absolute atomic E-state index is 12.2. The molecular formula is C15H15IN2O2S. The molecule has 0 N–H and O–H groups in total. The lowest BCUT2D eigenvalue weighted by Crippen LogP contribution is -2.41. The van der Waals surface area contributed by atoms with Gasteiger partial charge in [-0.05, 0) is 34.7 Å². The van der Waals surface area contributed by atoms with E-state index in [2.05, 4.69) is 51.8 Å². The van der Waals surface area contributed by atoms with Crippen LogP contribution in [0.25, 0.3) is 11.3 Å². The van der Waals surface area contributed by atoms with Crippen molar-refractivity contribution in [3.63, 3.8) is 0 Å². The van der Waals surface area contributed by atoms with Crippen LogP contribution in [0.2, 0.25) is 0 Å². The number of hydrogen-bond donors (Lipinski definition) is 0. The molecule has 1 aromatic carbocycles. The van der Waals surface area contributed by atoms with Gasteiger partial charge in [0.05, 0.1) is 25.3 Å². The molecule has 1 amide bonds. The maximum atomic E-state index is 12.2. The fourth-order valence-corrected chi connectivity index (χ4v) is 3.35. The van der Waals surface area contributed by atoms with Gasteiger partial charge in [-0.1, -0.05) is 12.1 Å². The van der Waals surface area contributed by atoms with Gasteiger partial charge >= 0.3 is 0 Å². The fraction of sp³-hybridized carbons (Fsp3) is 0.333. The van der Waals surface area contributed by atoms with E-state index in [1.54, 1.807) is 11.3 Å². The van der Waals surface area contributed by atoms with E-state index in [9.17, 15) is 4.79 Å². The van der Waals surface area contributed by atoms with Crippen molar-refractivity contribution >= 4 is 39.8 Å². The van der Waals surface area contributed by atoms with Crippen LogP contribution >= 0.6 is 33.9 Å². The van der Waals surface area contributed by atoms with Gasteiger partial charge in [0.1, 0.15) is 5.01 Å². The second-order valence-electron chi connectivity index (χ2n) is 4.80. The van der Waals surface area contributed by atoms with Crippen molar-refractivity contribution in [1.82, 2.24) is 9.88 Å². The second kappa shape index (κ2) is 6.85. The molecule has 1 fully saturated rings. The van der Waals surface area contributed by atoms with Gasteiger partial charge in [-0.3, -0.25) is 4.79 Å². The SMILES string of the molecule is O=C(Cc1nc(-c2ccc(I)cc2)cs1)N1CCOCC1. The van der Waals surface area contributed by atoms with Gasteiger partial charge in [-0.2, -0.15) is 0 Å². The first-order valence-corrected chi connectivity index (χ1v) is 8.74. The van der Waals surface area contributed by atoms with E-state index in [-0.39, 0.29) is 5.91 Å². The Balaban J connectivity index is 1.67. The largest absolute Gasteiger partial charge is 0.378 e. The Morgan fingerprint density at radius 1 is 1.29 bits per heavy atom. The van der Waals surface area contributed by atoms with Crippen LogP contribution in [0.5, 0.6) is 0 Å². The van der Waals surface area contributed by atoms with E-state index in [1.165, 1.54) is 3.57 Å². The van der Waals surface area contributed by atoms with E-state index >= 15 is 0 Å². The van der Waals surface area contributed by atoms with Crippen LogP contribution in [-0.4, -0.2) is 42.1 Å². The van der Waals surface area contributed by atoms with Crippen molar-refractivity contribution in [2.45, 2.75) is 6.42 Å². The Morgan fingerprint density at radius 2 is 2.00 bits per heavy atom. The summed E-state index contributed by atoms with van der Waals surface area (Å²) in [5.41, 5.74) is 2.04. The zero-order chi connectivity index (χ0) is 14.7. The van der Waals surface area contributed by atoms with E-state index in [4.69, 9.17) is 4.74 Å². The van der Waals surface area contributed by atoms with Crippen molar-refractivity contribution in [3.8, 4) is 11.3 Å². The predicted octanol–water partition coefficient (Wildman–Crippen LogP) is 2.82. The van der Waals surface area contributed by atoms with Crippen LogP contribution in [0.4, 0.5) is 0 Å². The van der Waals surface area contributed by atoms with E-state index < -0.39 is 0 Å². The number of benzene rings is 1. The third kappa shape index (κ3) is 3.81. The lowest BCUT2D eigenvalue weighted by Gasteiger charge is -2.26. The Morgan fingerprint density at radius 3 is 2.71 bits per heavy atom. The highest BCUT2D eigenvalue weighted by Crippen LogP contribution is 2.23. The number of rotatable bonds is 3. The first-order chi connectivity index (χ1) is 10.2. The molecule has 21 heavy (non-hydrogen) atoms. The van der Waals surface area contributed by atoms with E-state index in [0.29, 0.717) is 32.7 Å². The predicted molar refractivity (Wildman–Crippen MR) is 91.4 cm³/mol. The van der Waals surface area contributed by atoms with Crippen LogP contribution in [0.1, 0.15) is 5.01 Å². The molecule has 110 valence electrons. The van der Waals surface area contributed by atoms with Crippen LogP contribution in [0, 0.1) is 3.57 Å². The Bertz CT molecular complexity index is 621. The van der Waals surface area contributed by atoms with Gasteiger partial charge in [-0.25, -0.2) is 4.98 Å². The molecule has 0 saturated carbocycles. The van der Waals surface area contributed by atoms with Crippen molar-refractivity contribution in [3.05, 3.63) is 38.2 Å². The van der Waals surface area contributed by atoms with Crippen molar-refractivity contribution in [2.24, 2.45) is 0 Å². The summed E-state index contributed by atoms with van der Waals surface area (Å²) < 4.78 is 6.47. The normalized spacial score (nSPS) is 15.2. The van der Waals surface area contributed by atoms with Gasteiger partial charge in [-0.15, -0.1) is 11.3 Å². The average molecular weight is 414 g/mol. The number of morpholine rings is 1. The molecule has 4 nitrogen and oxygen atoms in total. The molecule has 0 spiro atoms. The highest BCUT2D eigenvalue weighted by atomic mass is 127. The lowest BCUT2D eigenvalue weighted by atomic mass is 10.2. The van der Waals surface area contributed by atoms with Gasteiger partial charge in [0.2, 0.25) is 5.91 Å². The highest BCUT2D eigenvalue weighted by Gasteiger charge is 2.18. The highest BCUT2D eigenvalue weighted by molar-refractivity contribution is 14.1. The number of carbonyl (C=O) groups is 1. The van der Waals surface area contributed by atoms with Crippen molar-refractivity contribution in [1.29, 1.82) is 0 Å². The summed E-state index contributed by atoms with van der Waals surface area (Å²) in [7, 11) is 0. The smallest absolute Gasteiger partial charge is 0.229 e. The first-order valence-electron chi connectivity index (χ1n) is 6.78. The summed E-state index contributed by atoms with van der Waals surface area (Å²) in [6.45, 7) is 2.65. The summed E-state index contributed by atoms with van der Waals surface area (Å²) in [6, 6.07) is 8.25. The van der Waals surface area contributed by atoms with Crippen molar-refractivity contribution in [2.75, 3.05) is 26.3 Å². The van der Waals surface area contributed by atoms with E-state index in [0.717, 1.165) is 16.3 Å². The van der Waals surface area contributed by atoms with Gasteiger partial charge < -0.3 is 9.64 Å². The fourth-order valence-electron chi connectivity index (χ4n) is 2.20. The molecule has 6 heteroatoms. The lowest BCUT2D eigenvalue weighted by molar-refractivity contribution is -0.134. The number of nitrogens with zero attached hydrogens (tertiary/aromatic N) is 2. The monoisotopic (exact) mass is 414 g/mol. The molecule has 1 aliphatic rings. The number of halogens is 1. The minimum absolute atomic E-state index is 0.141. The molecule has 0 atom stereocenters. The van der Waals surface area contributed by atoms with Crippen LogP contribution in [0.3, 0.4) is 0 Å². The Hall–Kier alpha value is -0.990. The average Bonchev–Trinajstić information content (AvgIpc) is 2.97. The zero-order valence-corrected chi connectivity index (χ0v) is 14.4. The van der Waals surface area contributed by atoms with Gasteiger partial charge in [0.25, 0.3) is 0 Å². The molecule has 1 saturated heterocycles. The van der Waals surface area contributed by atoms with Gasteiger partial charge in [0.15, 0.2) is 0 Å². The molecule has 1 aliphatic heterocycles. The summed E-state index contributed by atoms with van der Waals surface area (Å²) in [5, 5.41) is 2.89. The van der Waals surface area contributed by atoms with E-state index in [1.807, 2.05) is 10.3 Å². The maximum Gasteiger partial charge on any atom is 0.229 e. The molecule has 0 aliphatic carbocycles. The minimum atomic E-state index is 0.141. The molecular weight excluding hydrogens is 399 g/mol. The third-order valence-electron chi connectivity index (χ3n) is 3.36.